The first-order chi connectivity index (χ1) is 36.2. The molecule has 8 fully saturated rings. The second-order valence-corrected chi connectivity index (χ2v) is 30.6. The van der Waals surface area contributed by atoms with Gasteiger partial charge in [-0.05, 0) is 283 Å². The van der Waals surface area contributed by atoms with Crippen molar-refractivity contribution in [2.45, 2.75) is 248 Å². The lowest BCUT2D eigenvalue weighted by Gasteiger charge is -2.62. The monoisotopic (exact) mass is 1080 g/mol. The number of esters is 1. The molecule has 20 atom stereocenters. The highest BCUT2D eigenvalue weighted by atomic mass is 35.5. The quantitative estimate of drug-likeness (QED) is 0.136. The fourth-order valence-corrected chi connectivity index (χ4v) is 20.4. The molecule has 6 nitrogen and oxygen atoms in total. The summed E-state index contributed by atoms with van der Waals surface area (Å²) in [5.74, 6) is 10.3. The molecule has 8 saturated carbocycles. The first-order valence-electron chi connectivity index (χ1n) is 31.9. The van der Waals surface area contributed by atoms with E-state index in [1.165, 1.54) is 96.3 Å². The van der Waals surface area contributed by atoms with Crippen LogP contribution in [0.5, 0.6) is 0 Å². The summed E-state index contributed by atoms with van der Waals surface area (Å²) >= 11 is 5.16. The van der Waals surface area contributed by atoms with Gasteiger partial charge in [0, 0.05) is 5.56 Å². The molecule has 3 N–H and O–H groups in total. The zero-order chi connectivity index (χ0) is 55.9. The normalized spacial score (nSPS) is 41.5. The lowest BCUT2D eigenvalue weighted by molar-refractivity contribution is -0.148. The van der Waals surface area contributed by atoms with E-state index in [1.807, 2.05) is 36.4 Å². The largest absolute Gasteiger partial charge is 0.459 e. The third-order valence-corrected chi connectivity index (χ3v) is 25.3. The van der Waals surface area contributed by atoms with Gasteiger partial charge in [0.25, 0.3) is 5.24 Å². The van der Waals surface area contributed by atoms with Crippen molar-refractivity contribution in [2.75, 3.05) is 0 Å². The number of carbonyl (C=O) groups excluding carboxylic acids is 2. The predicted octanol–water partition coefficient (Wildman–Crippen LogP) is 17.6. The minimum Gasteiger partial charge on any atom is -0.459 e. The average Bonchev–Trinajstić information content (AvgIpc) is 3.99. The summed E-state index contributed by atoms with van der Waals surface area (Å²) < 4.78 is 6.03. The number of carbonyl (C=O) groups is 2. The molecule has 0 aliphatic heterocycles. The van der Waals surface area contributed by atoms with Crippen molar-refractivity contribution in [3.05, 3.63) is 71.8 Å². The van der Waals surface area contributed by atoms with Crippen molar-refractivity contribution in [3.63, 3.8) is 0 Å². The fraction of sp³-hybridized carbons (Fsp3) is 0.800. The number of aliphatic hydroxyl groups is 3. The minimum atomic E-state index is -0.447. The molecule has 10 rings (SSSR count). The lowest BCUT2D eigenvalue weighted by Crippen LogP contribution is -2.55. The van der Waals surface area contributed by atoms with Crippen LogP contribution in [0.1, 0.15) is 245 Å². The van der Waals surface area contributed by atoms with Crippen LogP contribution in [0.4, 0.5) is 0 Å². The van der Waals surface area contributed by atoms with Crippen LogP contribution in [-0.2, 0) is 4.74 Å². The van der Waals surface area contributed by atoms with E-state index in [2.05, 4.69) is 83.1 Å². The van der Waals surface area contributed by atoms with Gasteiger partial charge in [0.15, 0.2) is 0 Å². The minimum absolute atomic E-state index is 0.0235. The van der Waals surface area contributed by atoms with Crippen molar-refractivity contribution in [3.8, 4) is 0 Å². The Balaban J connectivity index is 0.000000178. The first kappa shape index (κ1) is 60.8. The smallest absolute Gasteiger partial charge is 0.338 e. The third kappa shape index (κ3) is 12.9. The molecule has 0 bridgehead atoms. The molecule has 7 heteroatoms. The van der Waals surface area contributed by atoms with Gasteiger partial charge >= 0.3 is 5.97 Å². The molecule has 0 unspecified atom stereocenters. The van der Waals surface area contributed by atoms with E-state index in [0.29, 0.717) is 56.5 Å². The summed E-state index contributed by atoms with van der Waals surface area (Å²) in [6.07, 6.45) is 27.3. The zero-order valence-electron chi connectivity index (χ0n) is 50.5. The number of aliphatic hydroxyl groups excluding tert-OH is 1. The molecular formula is C70H109ClO6. The van der Waals surface area contributed by atoms with E-state index in [9.17, 15) is 24.9 Å². The van der Waals surface area contributed by atoms with Crippen LogP contribution in [0.15, 0.2) is 60.7 Å². The maximum Gasteiger partial charge on any atom is 0.338 e. The number of ether oxygens (including phenoxy) is 1. The molecular weight excluding hydrogens is 972 g/mol. The fourth-order valence-electron chi connectivity index (χ4n) is 20.3. The van der Waals surface area contributed by atoms with Gasteiger partial charge in [-0.1, -0.05) is 118 Å². The molecule has 77 heavy (non-hydrogen) atoms. The van der Waals surface area contributed by atoms with Crippen LogP contribution in [-0.4, -0.2) is 49.9 Å². The van der Waals surface area contributed by atoms with Crippen molar-refractivity contribution < 1.29 is 29.6 Å². The lowest BCUT2D eigenvalue weighted by atomic mass is 9.43. The Labute approximate surface area is 474 Å². The highest BCUT2D eigenvalue weighted by molar-refractivity contribution is 6.67. The van der Waals surface area contributed by atoms with Gasteiger partial charge in [0.2, 0.25) is 0 Å². The molecule has 2 aromatic rings. The average molecular weight is 1080 g/mol. The SMILES string of the molecule is CC(C)[C@@H](O)CC[C@@H](C)[C@H]1CC[C@H]2[C@@H]3CC[C@H]4C[C@@](C)(O)CC[C@]4(C)[C@H]3CC[C@]12C.CC(C)[C@H](CC[C@@H](C)[C@H]1CC[C@H]2[C@@H]3CC[C@H]4C[C@@](C)(O)CC[C@]4(C)[C@H]3CC[C@]12C)OC(=O)c1ccccc1.O=C(Cl)c1ccccc1. The van der Waals surface area contributed by atoms with Crippen LogP contribution >= 0.6 is 11.6 Å². The number of benzene rings is 2. The molecule has 8 aliphatic carbocycles. The molecule has 0 saturated heterocycles. The van der Waals surface area contributed by atoms with E-state index in [0.717, 1.165) is 104 Å². The van der Waals surface area contributed by atoms with E-state index in [-0.39, 0.29) is 18.2 Å². The summed E-state index contributed by atoms with van der Waals surface area (Å²) in [6, 6.07) is 18.2. The molecule has 0 spiro atoms. The summed E-state index contributed by atoms with van der Waals surface area (Å²) in [5.41, 5.74) is 2.20. The van der Waals surface area contributed by atoms with Gasteiger partial charge < -0.3 is 20.1 Å². The first-order valence-corrected chi connectivity index (χ1v) is 32.2. The number of hydrogen-bond donors (Lipinski definition) is 3. The number of fused-ring (bicyclic) bond motifs is 10. The Hall–Kier alpha value is -2.25. The number of halogens is 1. The Bertz CT molecular complexity index is 2240. The zero-order valence-corrected chi connectivity index (χ0v) is 51.3. The Kier molecular flexibility index (Phi) is 19.2. The van der Waals surface area contributed by atoms with E-state index in [4.69, 9.17) is 16.3 Å². The molecule has 0 radical (unpaired) electrons. The second kappa shape index (κ2) is 24.3. The molecule has 0 amide bonds. The van der Waals surface area contributed by atoms with Crippen LogP contribution in [0.25, 0.3) is 0 Å². The van der Waals surface area contributed by atoms with Crippen LogP contribution in [0.3, 0.4) is 0 Å². The molecule has 8 aliphatic rings. The van der Waals surface area contributed by atoms with E-state index < -0.39 is 16.4 Å². The Morgan fingerprint density at radius 2 is 0.922 bits per heavy atom. The van der Waals surface area contributed by atoms with Gasteiger partial charge in [0.1, 0.15) is 6.10 Å². The molecule has 432 valence electrons. The summed E-state index contributed by atoms with van der Waals surface area (Å²) in [4.78, 5) is 23.2. The van der Waals surface area contributed by atoms with Gasteiger partial charge in [-0.2, -0.15) is 0 Å². The topological polar surface area (TPSA) is 104 Å². The van der Waals surface area contributed by atoms with Gasteiger partial charge in [0.05, 0.1) is 22.9 Å². The summed E-state index contributed by atoms with van der Waals surface area (Å²) in [7, 11) is 0. The van der Waals surface area contributed by atoms with Crippen molar-refractivity contribution in [2.24, 2.45) is 105 Å². The van der Waals surface area contributed by atoms with E-state index >= 15 is 0 Å². The number of rotatable bonds is 13. The van der Waals surface area contributed by atoms with Crippen molar-refractivity contribution in [1.29, 1.82) is 0 Å². The van der Waals surface area contributed by atoms with Crippen LogP contribution in [0, 0.1) is 105 Å². The maximum absolute atomic E-state index is 12.8. The van der Waals surface area contributed by atoms with Gasteiger partial charge in [-0.15, -0.1) is 0 Å². The highest BCUT2D eigenvalue weighted by Crippen LogP contribution is 2.71. The molecule has 2 aromatic carbocycles. The summed E-state index contributed by atoms with van der Waals surface area (Å²) in [6.45, 7) is 28.3. The van der Waals surface area contributed by atoms with Gasteiger partial charge in [-0.25, -0.2) is 4.79 Å². The Morgan fingerprint density at radius 1 is 0.506 bits per heavy atom. The van der Waals surface area contributed by atoms with Crippen molar-refractivity contribution in [1.82, 2.24) is 0 Å². The molecule has 0 heterocycles. The van der Waals surface area contributed by atoms with E-state index in [1.54, 1.807) is 24.3 Å². The Morgan fingerprint density at radius 3 is 1.32 bits per heavy atom. The predicted molar refractivity (Wildman–Crippen MR) is 316 cm³/mol. The number of hydrogen-bond acceptors (Lipinski definition) is 6. The van der Waals surface area contributed by atoms with Gasteiger partial charge in [-0.3, -0.25) is 4.79 Å². The van der Waals surface area contributed by atoms with Crippen LogP contribution in [0.2, 0.25) is 0 Å². The third-order valence-electron chi connectivity index (χ3n) is 25.0. The van der Waals surface area contributed by atoms with Crippen molar-refractivity contribution >= 4 is 22.8 Å². The summed E-state index contributed by atoms with van der Waals surface area (Å²) in [5, 5.41) is 31.4. The van der Waals surface area contributed by atoms with Crippen LogP contribution < -0.4 is 0 Å². The standard InChI is InChI=1S/C35H54O3.C28H50O2.C7H5ClO/c1-23(2)31(38-32(36)25-10-8-7-9-11-25)17-12-24(3)28-15-16-29-27-14-13-26-22-33(4,37)20-21-34(26,5)30(27)18-19-35(28,29)6;1-18(2)25(29)12-7-19(3)22-10-11-23-21-9-8-20-17-26(4,30)15-16-27(20,5)24(21)13-14-28(22,23)6;8-7(9)6-4-2-1-3-5-6/h7-11,23-24,26-31,37H,12-22H2,1-6H3;18-25,29-30H,7-17H2,1-6H3;1-5H/t24-,26+,27+,28-,29+,30+,31+,33+,34+,35-;19-,20+,21+,22-,23+,24+,25+,26+,27+,28-;/m11./s1. The maximum atomic E-state index is 12.8. The molecule has 0 aromatic heterocycles. The second-order valence-electron chi connectivity index (χ2n) is 30.3. The highest BCUT2D eigenvalue weighted by Gasteiger charge is 2.63.